The van der Waals surface area contributed by atoms with E-state index in [-0.39, 0.29) is 18.4 Å². The van der Waals surface area contributed by atoms with E-state index in [1.54, 1.807) is 18.2 Å². The van der Waals surface area contributed by atoms with Gasteiger partial charge in [0.05, 0.1) is 19.2 Å². The van der Waals surface area contributed by atoms with Crippen LogP contribution in [-0.4, -0.2) is 30.3 Å². The van der Waals surface area contributed by atoms with Gasteiger partial charge in [0, 0.05) is 11.1 Å². The predicted molar refractivity (Wildman–Crippen MR) is 78.9 cm³/mol. The topological polar surface area (TPSA) is 87.7 Å². The molecule has 0 aliphatic heterocycles. The lowest BCUT2D eigenvalue weighted by molar-refractivity contribution is -0.137. The van der Waals surface area contributed by atoms with Crippen molar-refractivity contribution in [2.24, 2.45) is 5.92 Å². The van der Waals surface area contributed by atoms with Crippen LogP contribution < -0.4 is 15.4 Å². The SMILES string of the molecule is COc1ccc(Cl)cc1NC(=O)NC(CC(=O)O)C1CC1. The number of benzene rings is 1. The van der Waals surface area contributed by atoms with Crippen LogP contribution in [0.15, 0.2) is 18.2 Å². The lowest BCUT2D eigenvalue weighted by Gasteiger charge is -2.17. The summed E-state index contributed by atoms with van der Waals surface area (Å²) in [5.74, 6) is -0.198. The first-order valence-electron chi connectivity index (χ1n) is 6.62. The average molecular weight is 313 g/mol. The van der Waals surface area contributed by atoms with E-state index in [9.17, 15) is 9.59 Å². The molecule has 114 valence electrons. The lowest BCUT2D eigenvalue weighted by atomic mass is 10.1. The van der Waals surface area contributed by atoms with Gasteiger partial charge in [-0.25, -0.2) is 4.79 Å². The van der Waals surface area contributed by atoms with Gasteiger partial charge < -0.3 is 20.5 Å². The number of methoxy groups -OCH3 is 1. The maximum atomic E-state index is 12.0. The third-order valence-electron chi connectivity index (χ3n) is 3.31. The number of hydrogen-bond acceptors (Lipinski definition) is 3. The van der Waals surface area contributed by atoms with E-state index in [4.69, 9.17) is 21.4 Å². The summed E-state index contributed by atoms with van der Waals surface area (Å²) in [4.78, 5) is 22.8. The molecule has 3 N–H and O–H groups in total. The normalized spacial score (nSPS) is 15.1. The van der Waals surface area contributed by atoms with Crippen molar-refractivity contribution < 1.29 is 19.4 Å². The minimum absolute atomic E-state index is 0.0786. The number of carbonyl (C=O) groups is 2. The molecule has 1 saturated carbocycles. The highest BCUT2D eigenvalue weighted by atomic mass is 35.5. The molecule has 21 heavy (non-hydrogen) atoms. The molecule has 0 spiro atoms. The van der Waals surface area contributed by atoms with Gasteiger partial charge in [-0.15, -0.1) is 0 Å². The van der Waals surface area contributed by atoms with Crippen LogP contribution in [0.4, 0.5) is 10.5 Å². The van der Waals surface area contributed by atoms with Crippen LogP contribution in [0.2, 0.25) is 5.02 Å². The molecule has 0 heterocycles. The highest BCUT2D eigenvalue weighted by Crippen LogP contribution is 2.34. The quantitative estimate of drug-likeness (QED) is 0.753. The first kappa shape index (κ1) is 15.4. The molecule has 1 aromatic rings. The third kappa shape index (κ3) is 4.53. The van der Waals surface area contributed by atoms with Gasteiger partial charge in [0.15, 0.2) is 0 Å². The number of urea groups is 1. The second-order valence-corrected chi connectivity index (χ2v) is 5.42. The maximum absolute atomic E-state index is 12.0. The summed E-state index contributed by atoms with van der Waals surface area (Å²) in [7, 11) is 1.49. The van der Waals surface area contributed by atoms with Gasteiger partial charge in [0.2, 0.25) is 0 Å². The van der Waals surface area contributed by atoms with E-state index < -0.39 is 12.0 Å². The summed E-state index contributed by atoms with van der Waals surface area (Å²) in [5.41, 5.74) is 0.437. The number of carboxylic acids is 1. The number of halogens is 1. The molecule has 0 radical (unpaired) electrons. The van der Waals surface area contributed by atoms with E-state index in [0.29, 0.717) is 16.5 Å². The minimum Gasteiger partial charge on any atom is -0.495 e. The maximum Gasteiger partial charge on any atom is 0.319 e. The molecule has 1 aliphatic rings. The molecule has 1 fully saturated rings. The number of hydrogen-bond donors (Lipinski definition) is 3. The molecule has 1 aromatic carbocycles. The summed E-state index contributed by atoms with van der Waals surface area (Å²) in [6.45, 7) is 0. The number of anilines is 1. The molecule has 0 saturated heterocycles. The van der Waals surface area contributed by atoms with Crippen LogP contribution in [0.25, 0.3) is 0 Å². The van der Waals surface area contributed by atoms with Crippen LogP contribution in [0.3, 0.4) is 0 Å². The van der Waals surface area contributed by atoms with Crippen molar-refractivity contribution in [3.63, 3.8) is 0 Å². The van der Waals surface area contributed by atoms with Gasteiger partial charge in [-0.1, -0.05) is 11.6 Å². The highest BCUT2D eigenvalue weighted by Gasteiger charge is 2.33. The first-order chi connectivity index (χ1) is 9.99. The van der Waals surface area contributed by atoms with Crippen molar-refractivity contribution in [1.82, 2.24) is 5.32 Å². The fourth-order valence-corrected chi connectivity index (χ4v) is 2.30. The lowest BCUT2D eigenvalue weighted by Crippen LogP contribution is -2.40. The van der Waals surface area contributed by atoms with Crippen molar-refractivity contribution in [1.29, 1.82) is 0 Å². The fourth-order valence-electron chi connectivity index (χ4n) is 2.13. The van der Waals surface area contributed by atoms with Gasteiger partial charge in [-0.2, -0.15) is 0 Å². The number of carboxylic acid groups (broad SMARTS) is 1. The Morgan fingerprint density at radius 1 is 1.48 bits per heavy atom. The predicted octanol–water partition coefficient (Wildman–Crippen LogP) is 2.72. The highest BCUT2D eigenvalue weighted by molar-refractivity contribution is 6.31. The van der Waals surface area contributed by atoms with Crippen molar-refractivity contribution in [3.05, 3.63) is 23.2 Å². The summed E-state index contributed by atoms with van der Waals surface area (Å²) in [6, 6.07) is 4.05. The molecule has 2 amide bonds. The van der Waals surface area contributed by atoms with Crippen molar-refractivity contribution in [2.45, 2.75) is 25.3 Å². The zero-order valence-electron chi connectivity index (χ0n) is 11.6. The Kier molecular flexibility index (Phi) is 4.90. The average Bonchev–Trinajstić information content (AvgIpc) is 3.21. The van der Waals surface area contributed by atoms with Crippen LogP contribution in [0.5, 0.6) is 5.75 Å². The van der Waals surface area contributed by atoms with Crippen LogP contribution in [0.1, 0.15) is 19.3 Å². The van der Waals surface area contributed by atoms with Gasteiger partial charge in [0.1, 0.15) is 5.75 Å². The number of ether oxygens (including phenoxy) is 1. The minimum atomic E-state index is -0.924. The Morgan fingerprint density at radius 2 is 2.19 bits per heavy atom. The van der Waals surface area contributed by atoms with Crippen LogP contribution in [0, 0.1) is 5.92 Å². The molecule has 6 nitrogen and oxygen atoms in total. The van der Waals surface area contributed by atoms with E-state index in [1.165, 1.54) is 7.11 Å². The number of nitrogens with one attached hydrogen (secondary N) is 2. The van der Waals surface area contributed by atoms with Crippen molar-refractivity contribution >= 4 is 29.3 Å². The van der Waals surface area contributed by atoms with E-state index in [2.05, 4.69) is 10.6 Å². The van der Waals surface area contributed by atoms with E-state index in [1.807, 2.05) is 0 Å². The first-order valence-corrected chi connectivity index (χ1v) is 7.00. The Balaban J connectivity index is 2.00. The summed E-state index contributed by atoms with van der Waals surface area (Å²) < 4.78 is 5.14. The Labute approximate surface area is 127 Å². The van der Waals surface area contributed by atoms with Crippen molar-refractivity contribution in [2.75, 3.05) is 12.4 Å². The zero-order chi connectivity index (χ0) is 15.4. The van der Waals surface area contributed by atoms with Crippen LogP contribution >= 0.6 is 11.6 Å². The number of carbonyl (C=O) groups excluding carboxylic acids is 1. The van der Waals surface area contributed by atoms with Gasteiger partial charge in [0.25, 0.3) is 0 Å². The molecule has 0 bridgehead atoms. The number of aliphatic carboxylic acids is 1. The molecular formula is C14H17ClN2O4. The number of amides is 2. The molecule has 1 unspecified atom stereocenters. The Morgan fingerprint density at radius 3 is 2.76 bits per heavy atom. The molecule has 7 heteroatoms. The number of rotatable bonds is 6. The molecular weight excluding hydrogens is 296 g/mol. The Hall–Kier alpha value is -1.95. The van der Waals surface area contributed by atoms with E-state index in [0.717, 1.165) is 12.8 Å². The monoisotopic (exact) mass is 312 g/mol. The van der Waals surface area contributed by atoms with Gasteiger partial charge in [-0.3, -0.25) is 4.79 Å². The zero-order valence-corrected chi connectivity index (χ0v) is 12.3. The standard InChI is InChI=1S/C14H17ClN2O4/c1-21-12-5-4-9(15)6-11(12)17-14(20)16-10(7-13(18)19)8-2-3-8/h4-6,8,10H,2-3,7H2,1H3,(H,18,19)(H2,16,17,20). The summed E-state index contributed by atoms with van der Waals surface area (Å²) in [6.07, 6.45) is 1.81. The smallest absolute Gasteiger partial charge is 0.319 e. The van der Waals surface area contributed by atoms with Crippen molar-refractivity contribution in [3.8, 4) is 5.75 Å². The molecule has 1 aliphatic carbocycles. The van der Waals surface area contributed by atoms with Gasteiger partial charge in [-0.05, 0) is 37.0 Å². The van der Waals surface area contributed by atoms with Gasteiger partial charge >= 0.3 is 12.0 Å². The fraction of sp³-hybridized carbons (Fsp3) is 0.429. The third-order valence-corrected chi connectivity index (χ3v) is 3.55. The second-order valence-electron chi connectivity index (χ2n) is 4.98. The molecule has 1 atom stereocenters. The molecule has 2 rings (SSSR count). The second kappa shape index (κ2) is 6.67. The Bertz CT molecular complexity index is 546. The molecule has 0 aromatic heterocycles. The summed E-state index contributed by atoms with van der Waals surface area (Å²) in [5, 5.41) is 14.7. The summed E-state index contributed by atoms with van der Waals surface area (Å²) >= 11 is 5.89. The van der Waals surface area contributed by atoms with E-state index >= 15 is 0 Å². The largest absolute Gasteiger partial charge is 0.495 e. The van der Waals surface area contributed by atoms with Crippen LogP contribution in [-0.2, 0) is 4.79 Å².